The summed E-state index contributed by atoms with van der Waals surface area (Å²) in [5, 5.41) is 11.8. The number of nitrogens with one attached hydrogen (secondary N) is 1. The number of carboxylic acids is 1. The summed E-state index contributed by atoms with van der Waals surface area (Å²) >= 11 is 1.33. The van der Waals surface area contributed by atoms with Crippen LogP contribution in [0.15, 0.2) is 29.3 Å². The Morgan fingerprint density at radius 3 is 2.39 bits per heavy atom. The number of hydrogen-bond donors (Lipinski definition) is 2. The molecule has 96 valence electrons. The van der Waals surface area contributed by atoms with Gasteiger partial charge in [0.05, 0.1) is 17.0 Å². The standard InChI is InChI=1S/C10H8N2O3S.C2H6/c13-8-5-16-10(12-8)11-7-3-1-6(2-4-7)9(14)15;1-2/h1-4H,5H2,(H,14,15)(H,11,12,13);1-2H3. The van der Waals surface area contributed by atoms with Gasteiger partial charge in [0.1, 0.15) is 0 Å². The minimum absolute atomic E-state index is 0.0640. The summed E-state index contributed by atoms with van der Waals surface area (Å²) in [5.41, 5.74) is 0.835. The topological polar surface area (TPSA) is 78.8 Å². The molecule has 5 nitrogen and oxygen atoms in total. The fraction of sp³-hybridized carbons (Fsp3) is 0.250. The fourth-order valence-electron chi connectivity index (χ4n) is 1.18. The van der Waals surface area contributed by atoms with Crippen molar-refractivity contribution < 1.29 is 14.7 Å². The third-order valence-electron chi connectivity index (χ3n) is 1.93. The highest BCUT2D eigenvalue weighted by Gasteiger charge is 2.16. The average molecular weight is 266 g/mol. The lowest BCUT2D eigenvalue weighted by Crippen LogP contribution is -2.19. The van der Waals surface area contributed by atoms with E-state index in [9.17, 15) is 9.59 Å². The Morgan fingerprint density at radius 2 is 1.94 bits per heavy atom. The van der Waals surface area contributed by atoms with Crippen molar-refractivity contribution in [3.63, 3.8) is 0 Å². The molecule has 0 radical (unpaired) electrons. The van der Waals surface area contributed by atoms with E-state index in [0.717, 1.165) is 0 Å². The number of hydrogen-bond acceptors (Lipinski definition) is 4. The number of amides is 1. The second-order valence-electron chi connectivity index (χ2n) is 3.11. The number of carboxylic acid groups (broad SMARTS) is 1. The number of nitrogens with zero attached hydrogens (tertiary/aromatic N) is 1. The predicted octanol–water partition coefficient (Wildman–Crippen LogP) is 2.26. The molecule has 1 aromatic rings. The zero-order chi connectivity index (χ0) is 13.5. The third kappa shape index (κ3) is 3.89. The molecule has 0 unspecified atom stereocenters. The summed E-state index contributed by atoms with van der Waals surface area (Å²) in [5.74, 6) is -0.653. The molecule has 2 N–H and O–H groups in total. The summed E-state index contributed by atoms with van der Waals surface area (Å²) in [6.07, 6.45) is 0. The molecule has 0 spiro atoms. The van der Waals surface area contributed by atoms with Crippen molar-refractivity contribution in [1.29, 1.82) is 0 Å². The second kappa shape index (κ2) is 6.80. The molecule has 1 aliphatic heterocycles. The van der Waals surface area contributed by atoms with Gasteiger partial charge in [0.25, 0.3) is 0 Å². The van der Waals surface area contributed by atoms with Crippen LogP contribution in [0.4, 0.5) is 5.69 Å². The molecule has 2 rings (SSSR count). The van der Waals surface area contributed by atoms with E-state index >= 15 is 0 Å². The number of amidine groups is 1. The Balaban J connectivity index is 0.000000771. The van der Waals surface area contributed by atoms with E-state index in [4.69, 9.17) is 5.11 Å². The van der Waals surface area contributed by atoms with E-state index in [-0.39, 0.29) is 11.5 Å². The SMILES string of the molecule is CC.O=C1CSC(=Nc2ccc(C(=O)O)cc2)N1. The lowest BCUT2D eigenvalue weighted by atomic mass is 10.2. The molecule has 1 amide bonds. The van der Waals surface area contributed by atoms with Gasteiger partial charge < -0.3 is 10.4 Å². The van der Waals surface area contributed by atoms with Crippen molar-refractivity contribution >= 4 is 34.5 Å². The van der Waals surface area contributed by atoms with Crippen LogP contribution in [0, 0.1) is 0 Å². The molecular formula is C12H14N2O3S. The molecule has 0 aliphatic carbocycles. The Bertz CT molecular complexity index is 469. The van der Waals surface area contributed by atoms with Crippen LogP contribution in [0.25, 0.3) is 0 Å². The first kappa shape index (κ1) is 14.2. The highest BCUT2D eigenvalue weighted by molar-refractivity contribution is 8.15. The van der Waals surface area contributed by atoms with Crippen molar-refractivity contribution in [3.05, 3.63) is 29.8 Å². The van der Waals surface area contributed by atoms with Crippen molar-refractivity contribution in [2.75, 3.05) is 5.75 Å². The summed E-state index contributed by atoms with van der Waals surface area (Å²) in [6.45, 7) is 4.00. The lowest BCUT2D eigenvalue weighted by Gasteiger charge is -1.97. The van der Waals surface area contributed by atoms with Crippen molar-refractivity contribution in [1.82, 2.24) is 5.32 Å². The number of aromatic carboxylic acids is 1. The summed E-state index contributed by atoms with van der Waals surface area (Å²) in [4.78, 5) is 25.7. The van der Waals surface area contributed by atoms with Crippen LogP contribution in [-0.2, 0) is 4.79 Å². The van der Waals surface area contributed by atoms with Crippen LogP contribution in [-0.4, -0.2) is 27.9 Å². The van der Waals surface area contributed by atoms with Gasteiger partial charge in [-0.3, -0.25) is 4.79 Å². The highest BCUT2D eigenvalue weighted by Crippen LogP contribution is 2.17. The lowest BCUT2D eigenvalue weighted by molar-refractivity contribution is -0.116. The Hall–Kier alpha value is -1.82. The fourth-order valence-corrected chi connectivity index (χ4v) is 1.88. The largest absolute Gasteiger partial charge is 0.478 e. The van der Waals surface area contributed by atoms with E-state index in [2.05, 4.69) is 10.3 Å². The van der Waals surface area contributed by atoms with E-state index < -0.39 is 5.97 Å². The predicted molar refractivity (Wildman–Crippen MR) is 72.4 cm³/mol. The first-order valence-electron chi connectivity index (χ1n) is 5.50. The van der Waals surface area contributed by atoms with Crippen LogP contribution in [0.3, 0.4) is 0 Å². The molecule has 1 saturated heterocycles. The van der Waals surface area contributed by atoms with Crippen LogP contribution >= 0.6 is 11.8 Å². The van der Waals surface area contributed by atoms with Gasteiger partial charge in [-0.2, -0.15) is 0 Å². The van der Waals surface area contributed by atoms with E-state index in [1.54, 1.807) is 12.1 Å². The van der Waals surface area contributed by atoms with Gasteiger partial charge >= 0.3 is 5.97 Å². The zero-order valence-electron chi connectivity index (χ0n) is 10.1. The average Bonchev–Trinajstić information content (AvgIpc) is 2.78. The minimum Gasteiger partial charge on any atom is -0.478 e. The van der Waals surface area contributed by atoms with Gasteiger partial charge in [-0.15, -0.1) is 0 Å². The summed E-state index contributed by atoms with van der Waals surface area (Å²) in [6, 6.07) is 6.15. The van der Waals surface area contributed by atoms with Gasteiger partial charge in [-0.1, -0.05) is 25.6 Å². The number of thioether (sulfide) groups is 1. The first-order chi connectivity index (χ1) is 8.65. The van der Waals surface area contributed by atoms with Crippen LogP contribution < -0.4 is 5.32 Å². The molecule has 0 saturated carbocycles. The number of rotatable bonds is 2. The summed E-state index contributed by atoms with van der Waals surface area (Å²) < 4.78 is 0. The molecule has 0 aromatic heterocycles. The Labute approximate surface area is 109 Å². The zero-order valence-corrected chi connectivity index (χ0v) is 11.0. The van der Waals surface area contributed by atoms with Crippen LogP contribution in [0.5, 0.6) is 0 Å². The maximum atomic E-state index is 10.9. The maximum Gasteiger partial charge on any atom is 0.335 e. The summed E-state index contributed by atoms with van der Waals surface area (Å²) in [7, 11) is 0. The number of carbonyl (C=O) groups excluding carboxylic acids is 1. The molecule has 1 fully saturated rings. The van der Waals surface area contributed by atoms with Crippen molar-refractivity contribution in [2.45, 2.75) is 13.8 Å². The monoisotopic (exact) mass is 266 g/mol. The van der Waals surface area contributed by atoms with Crippen LogP contribution in [0.2, 0.25) is 0 Å². The van der Waals surface area contributed by atoms with E-state index in [1.807, 2.05) is 13.8 Å². The highest BCUT2D eigenvalue weighted by atomic mass is 32.2. The van der Waals surface area contributed by atoms with E-state index in [0.29, 0.717) is 16.6 Å². The van der Waals surface area contributed by atoms with Crippen molar-refractivity contribution in [3.8, 4) is 0 Å². The molecule has 1 aliphatic rings. The van der Waals surface area contributed by atoms with Gasteiger partial charge in [0.2, 0.25) is 5.91 Å². The van der Waals surface area contributed by atoms with Gasteiger partial charge in [0.15, 0.2) is 5.17 Å². The smallest absolute Gasteiger partial charge is 0.335 e. The Morgan fingerprint density at radius 1 is 1.33 bits per heavy atom. The van der Waals surface area contributed by atoms with E-state index in [1.165, 1.54) is 23.9 Å². The number of carbonyl (C=O) groups is 2. The number of aliphatic imine (C=N–C) groups is 1. The molecule has 1 aromatic carbocycles. The third-order valence-corrected chi connectivity index (χ3v) is 2.80. The molecule has 6 heteroatoms. The van der Waals surface area contributed by atoms with Crippen LogP contribution in [0.1, 0.15) is 24.2 Å². The molecule has 1 heterocycles. The van der Waals surface area contributed by atoms with Crippen molar-refractivity contribution in [2.24, 2.45) is 4.99 Å². The molecule has 18 heavy (non-hydrogen) atoms. The number of benzene rings is 1. The molecular weight excluding hydrogens is 252 g/mol. The van der Waals surface area contributed by atoms with Gasteiger partial charge in [-0.25, -0.2) is 9.79 Å². The molecule has 0 atom stereocenters. The normalized spacial score (nSPS) is 15.9. The second-order valence-corrected chi connectivity index (χ2v) is 4.07. The quantitative estimate of drug-likeness (QED) is 0.860. The molecule has 0 bridgehead atoms. The minimum atomic E-state index is -0.970. The van der Waals surface area contributed by atoms with Gasteiger partial charge in [0, 0.05) is 0 Å². The Kier molecular flexibility index (Phi) is 5.38. The first-order valence-corrected chi connectivity index (χ1v) is 6.48. The van der Waals surface area contributed by atoms with Gasteiger partial charge in [-0.05, 0) is 24.3 Å². The maximum absolute atomic E-state index is 10.9.